The fourth-order valence-electron chi connectivity index (χ4n) is 2.22. The van der Waals surface area contributed by atoms with Crippen LogP contribution in [-0.2, 0) is 13.0 Å². The van der Waals surface area contributed by atoms with E-state index in [0.717, 1.165) is 13.0 Å². The number of hydrogen-bond acceptors (Lipinski definition) is 0. The SMILES string of the molecule is C=CC(CCC[n+]1cc[nH]c1)Cc1ccccc1.[Cl-]. The van der Waals surface area contributed by atoms with E-state index in [9.17, 15) is 0 Å². The van der Waals surface area contributed by atoms with Crippen molar-refractivity contribution in [1.82, 2.24) is 4.98 Å². The van der Waals surface area contributed by atoms with Gasteiger partial charge in [0.1, 0.15) is 12.4 Å². The van der Waals surface area contributed by atoms with E-state index < -0.39 is 0 Å². The molecule has 1 atom stereocenters. The van der Waals surface area contributed by atoms with E-state index in [2.05, 4.69) is 58.7 Å². The van der Waals surface area contributed by atoms with E-state index in [1.807, 2.05) is 12.5 Å². The highest BCUT2D eigenvalue weighted by Gasteiger charge is 2.06. The Balaban J connectivity index is 0.00000180. The molecule has 0 bridgehead atoms. The number of H-pyrrole nitrogens is 1. The van der Waals surface area contributed by atoms with Crippen molar-refractivity contribution in [2.75, 3.05) is 0 Å². The number of nitrogens with one attached hydrogen (secondary N) is 1. The molecule has 0 aliphatic heterocycles. The number of rotatable bonds is 7. The van der Waals surface area contributed by atoms with Crippen molar-refractivity contribution in [3.63, 3.8) is 0 Å². The molecule has 0 aliphatic rings. The normalized spacial score (nSPS) is 11.6. The molecule has 1 aromatic heterocycles. The van der Waals surface area contributed by atoms with Crippen molar-refractivity contribution in [2.45, 2.75) is 25.8 Å². The number of hydrogen-bond donors (Lipinski definition) is 1. The van der Waals surface area contributed by atoms with Crippen LogP contribution >= 0.6 is 0 Å². The number of nitrogens with zero attached hydrogens (tertiary/aromatic N) is 1. The van der Waals surface area contributed by atoms with Gasteiger partial charge in [0.05, 0.1) is 6.54 Å². The number of aromatic nitrogens is 2. The number of imidazole rings is 1. The Morgan fingerprint density at radius 2 is 2.05 bits per heavy atom. The van der Waals surface area contributed by atoms with Crippen molar-refractivity contribution < 1.29 is 17.0 Å². The first kappa shape index (κ1) is 15.5. The standard InChI is InChI=1S/C16H20N2.ClH/c1-2-15(13-16-7-4-3-5-8-16)9-6-11-18-12-10-17-14-18;/h2-5,7-8,10,12,14-15H,1,6,9,11,13H2;1H. The first-order valence-corrected chi connectivity index (χ1v) is 6.57. The van der Waals surface area contributed by atoms with Crippen molar-refractivity contribution >= 4 is 0 Å². The highest BCUT2D eigenvalue weighted by atomic mass is 35.5. The van der Waals surface area contributed by atoms with Crippen LogP contribution in [0.15, 0.2) is 61.7 Å². The maximum atomic E-state index is 3.96. The molecule has 1 N–H and O–H groups in total. The summed E-state index contributed by atoms with van der Waals surface area (Å²) < 4.78 is 2.18. The largest absolute Gasteiger partial charge is 1.00 e. The zero-order chi connectivity index (χ0) is 12.6. The predicted octanol–water partition coefficient (Wildman–Crippen LogP) is 0.131. The van der Waals surface area contributed by atoms with Gasteiger partial charge in [-0.1, -0.05) is 36.4 Å². The van der Waals surface area contributed by atoms with E-state index in [1.165, 1.54) is 18.4 Å². The average Bonchev–Trinajstić information content (AvgIpc) is 2.92. The third kappa shape index (κ3) is 5.31. The molecular weight excluding hydrogens is 256 g/mol. The average molecular weight is 277 g/mol. The summed E-state index contributed by atoms with van der Waals surface area (Å²) in [6.07, 6.45) is 11.6. The monoisotopic (exact) mass is 276 g/mol. The maximum Gasteiger partial charge on any atom is 0.241 e. The molecule has 19 heavy (non-hydrogen) atoms. The van der Waals surface area contributed by atoms with Crippen LogP contribution in [0, 0.1) is 5.92 Å². The van der Waals surface area contributed by atoms with Gasteiger partial charge >= 0.3 is 0 Å². The Labute approximate surface area is 121 Å². The smallest absolute Gasteiger partial charge is 0.241 e. The Morgan fingerprint density at radius 1 is 1.26 bits per heavy atom. The lowest BCUT2D eigenvalue weighted by Crippen LogP contribution is -3.00. The van der Waals surface area contributed by atoms with Gasteiger partial charge in [-0.3, -0.25) is 4.98 Å². The summed E-state index contributed by atoms with van der Waals surface area (Å²) in [7, 11) is 0. The van der Waals surface area contributed by atoms with Crippen LogP contribution < -0.4 is 17.0 Å². The van der Waals surface area contributed by atoms with Crippen LogP contribution in [0.3, 0.4) is 0 Å². The fourth-order valence-corrected chi connectivity index (χ4v) is 2.22. The first-order chi connectivity index (χ1) is 8.88. The molecule has 0 spiro atoms. The van der Waals surface area contributed by atoms with E-state index in [0.29, 0.717) is 5.92 Å². The number of allylic oxidation sites excluding steroid dienone is 1. The van der Waals surface area contributed by atoms with Gasteiger partial charge in [0, 0.05) is 0 Å². The maximum absolute atomic E-state index is 3.96. The Bertz CT molecular complexity index is 451. The van der Waals surface area contributed by atoms with E-state index in [1.54, 1.807) is 0 Å². The number of benzene rings is 1. The minimum atomic E-state index is 0. The van der Waals surface area contributed by atoms with Crippen LogP contribution in [0.2, 0.25) is 0 Å². The molecule has 1 aromatic carbocycles. The molecular formula is C16H21ClN2. The lowest BCUT2D eigenvalue weighted by molar-refractivity contribution is -0.696. The lowest BCUT2D eigenvalue weighted by Gasteiger charge is -2.11. The highest BCUT2D eigenvalue weighted by molar-refractivity contribution is 5.16. The van der Waals surface area contributed by atoms with E-state index >= 15 is 0 Å². The Kier molecular flexibility index (Phi) is 6.98. The third-order valence-electron chi connectivity index (χ3n) is 3.27. The van der Waals surface area contributed by atoms with Crippen molar-refractivity contribution in [3.05, 3.63) is 67.3 Å². The molecule has 2 aromatic rings. The van der Waals surface area contributed by atoms with Gasteiger partial charge in [0.2, 0.25) is 6.33 Å². The molecule has 0 saturated carbocycles. The molecule has 0 amide bonds. The van der Waals surface area contributed by atoms with Crippen molar-refractivity contribution in [2.24, 2.45) is 5.92 Å². The van der Waals surface area contributed by atoms with Crippen LogP contribution in [0.25, 0.3) is 0 Å². The lowest BCUT2D eigenvalue weighted by atomic mass is 9.95. The van der Waals surface area contributed by atoms with Gasteiger partial charge in [0.25, 0.3) is 0 Å². The predicted molar refractivity (Wildman–Crippen MR) is 74.1 cm³/mol. The summed E-state index contributed by atoms with van der Waals surface area (Å²) in [5.41, 5.74) is 1.40. The van der Waals surface area contributed by atoms with Crippen LogP contribution in [-0.4, -0.2) is 4.98 Å². The highest BCUT2D eigenvalue weighted by Crippen LogP contribution is 2.15. The van der Waals surface area contributed by atoms with Crippen LogP contribution in [0.1, 0.15) is 18.4 Å². The molecule has 0 fully saturated rings. The molecule has 102 valence electrons. The second-order valence-corrected chi connectivity index (χ2v) is 4.68. The summed E-state index contributed by atoms with van der Waals surface area (Å²) in [6.45, 7) is 5.03. The van der Waals surface area contributed by atoms with Gasteiger partial charge in [-0.05, 0) is 30.7 Å². The number of halogens is 1. The molecule has 0 aliphatic carbocycles. The molecule has 3 heteroatoms. The Hall–Kier alpha value is -1.54. The summed E-state index contributed by atoms with van der Waals surface area (Å²) in [5.74, 6) is 0.576. The summed E-state index contributed by atoms with van der Waals surface area (Å²) in [5, 5.41) is 0. The van der Waals surface area contributed by atoms with Crippen molar-refractivity contribution in [3.8, 4) is 0 Å². The van der Waals surface area contributed by atoms with Crippen LogP contribution in [0.4, 0.5) is 0 Å². The van der Waals surface area contributed by atoms with Gasteiger partial charge in [-0.25, -0.2) is 4.57 Å². The summed E-state index contributed by atoms with van der Waals surface area (Å²) in [6, 6.07) is 10.7. The summed E-state index contributed by atoms with van der Waals surface area (Å²) in [4.78, 5) is 3.06. The van der Waals surface area contributed by atoms with Gasteiger partial charge < -0.3 is 12.4 Å². The Morgan fingerprint density at radius 3 is 2.68 bits per heavy atom. The molecule has 2 nitrogen and oxygen atoms in total. The van der Waals surface area contributed by atoms with Gasteiger partial charge in [0.15, 0.2) is 0 Å². The van der Waals surface area contributed by atoms with Gasteiger partial charge in [-0.2, -0.15) is 0 Å². The first-order valence-electron chi connectivity index (χ1n) is 6.57. The molecule has 1 heterocycles. The number of aryl methyl sites for hydroxylation is 1. The topological polar surface area (TPSA) is 19.7 Å². The fraction of sp³-hybridized carbons (Fsp3) is 0.312. The van der Waals surface area contributed by atoms with E-state index in [4.69, 9.17) is 0 Å². The van der Waals surface area contributed by atoms with E-state index in [-0.39, 0.29) is 12.4 Å². The second kappa shape index (κ2) is 8.54. The van der Waals surface area contributed by atoms with Crippen molar-refractivity contribution in [1.29, 1.82) is 0 Å². The number of aromatic amines is 1. The minimum Gasteiger partial charge on any atom is -1.00 e. The third-order valence-corrected chi connectivity index (χ3v) is 3.27. The molecule has 0 radical (unpaired) electrons. The second-order valence-electron chi connectivity index (χ2n) is 4.68. The molecule has 2 rings (SSSR count). The molecule has 1 unspecified atom stereocenters. The minimum absolute atomic E-state index is 0. The molecule has 0 saturated heterocycles. The van der Waals surface area contributed by atoms with Crippen LogP contribution in [0.5, 0.6) is 0 Å². The zero-order valence-corrected chi connectivity index (χ0v) is 11.9. The summed E-state index contributed by atoms with van der Waals surface area (Å²) >= 11 is 0. The van der Waals surface area contributed by atoms with Gasteiger partial charge in [-0.15, -0.1) is 6.58 Å². The quantitative estimate of drug-likeness (QED) is 0.548. The zero-order valence-electron chi connectivity index (χ0n) is 11.1.